The number of hydrogen-bond donors (Lipinski definition) is 2. The zero-order valence-corrected chi connectivity index (χ0v) is 18.4. The number of amides is 3. The Morgan fingerprint density at radius 1 is 1.03 bits per heavy atom. The van der Waals surface area contributed by atoms with Gasteiger partial charge in [-0.2, -0.15) is 0 Å². The number of nitrogens with one attached hydrogen (secondary N) is 2. The van der Waals surface area contributed by atoms with Crippen LogP contribution < -0.4 is 10.6 Å². The zero-order valence-electron chi connectivity index (χ0n) is 18.4. The molecule has 3 amide bonds. The number of anilines is 1. The summed E-state index contributed by atoms with van der Waals surface area (Å²) in [7, 11) is 0. The van der Waals surface area contributed by atoms with Crippen molar-refractivity contribution < 1.29 is 14.4 Å². The molecule has 1 unspecified atom stereocenters. The fourth-order valence-corrected chi connectivity index (χ4v) is 4.41. The van der Waals surface area contributed by atoms with Crippen molar-refractivity contribution in [3.05, 3.63) is 29.3 Å². The second-order valence-electron chi connectivity index (χ2n) is 8.55. The van der Waals surface area contributed by atoms with Crippen molar-refractivity contribution in [3.63, 3.8) is 0 Å². The summed E-state index contributed by atoms with van der Waals surface area (Å²) >= 11 is 0. The van der Waals surface area contributed by atoms with E-state index in [-0.39, 0.29) is 36.2 Å². The van der Waals surface area contributed by atoms with Crippen molar-refractivity contribution in [2.45, 2.75) is 52.5 Å². The number of rotatable bonds is 6. The van der Waals surface area contributed by atoms with Gasteiger partial charge in [0.25, 0.3) is 0 Å². The Hall–Kier alpha value is -2.41. The monoisotopic (exact) mass is 414 g/mol. The molecule has 7 nitrogen and oxygen atoms in total. The van der Waals surface area contributed by atoms with Crippen LogP contribution in [-0.2, 0) is 14.4 Å². The number of aryl methyl sites for hydroxylation is 2. The molecule has 1 atom stereocenters. The topological polar surface area (TPSA) is 81.8 Å². The van der Waals surface area contributed by atoms with E-state index >= 15 is 0 Å². The van der Waals surface area contributed by atoms with Crippen LogP contribution in [-0.4, -0.2) is 66.3 Å². The summed E-state index contributed by atoms with van der Waals surface area (Å²) in [6.07, 6.45) is 3.80. The Kier molecular flexibility index (Phi) is 7.48. The van der Waals surface area contributed by atoms with E-state index in [0.29, 0.717) is 0 Å². The molecule has 1 aromatic rings. The van der Waals surface area contributed by atoms with Crippen LogP contribution >= 0.6 is 0 Å². The average molecular weight is 415 g/mol. The first-order valence-electron chi connectivity index (χ1n) is 11.0. The molecule has 0 spiro atoms. The first-order valence-corrected chi connectivity index (χ1v) is 11.0. The van der Waals surface area contributed by atoms with Crippen molar-refractivity contribution >= 4 is 23.4 Å². The quantitative estimate of drug-likeness (QED) is 0.747. The van der Waals surface area contributed by atoms with Gasteiger partial charge in [-0.1, -0.05) is 18.2 Å². The average Bonchev–Trinajstić information content (AvgIpc) is 3.28. The molecule has 0 aliphatic carbocycles. The van der Waals surface area contributed by atoms with Gasteiger partial charge in [0.1, 0.15) is 0 Å². The molecule has 3 rings (SSSR count). The van der Waals surface area contributed by atoms with Crippen LogP contribution in [0.3, 0.4) is 0 Å². The molecular formula is C23H34N4O3. The lowest BCUT2D eigenvalue weighted by Gasteiger charge is -2.35. The number of likely N-dealkylation sites (tertiary alicyclic amines) is 2. The van der Waals surface area contributed by atoms with E-state index in [1.807, 2.05) is 43.9 Å². The lowest BCUT2D eigenvalue weighted by atomic mass is 9.94. The largest absolute Gasteiger partial charge is 0.346 e. The van der Waals surface area contributed by atoms with E-state index in [1.54, 1.807) is 0 Å². The Bertz CT molecular complexity index is 760. The number of carbonyl (C=O) groups excluding carboxylic acids is 3. The summed E-state index contributed by atoms with van der Waals surface area (Å²) in [6, 6.07) is 5.52. The van der Waals surface area contributed by atoms with Crippen LogP contribution in [0, 0.1) is 19.8 Å². The van der Waals surface area contributed by atoms with E-state index in [1.165, 1.54) is 0 Å². The summed E-state index contributed by atoms with van der Waals surface area (Å²) in [5, 5.41) is 5.64. The van der Waals surface area contributed by atoms with Crippen molar-refractivity contribution in [1.82, 2.24) is 15.1 Å². The number of para-hydroxylation sites is 1. The molecule has 2 N–H and O–H groups in total. The highest BCUT2D eigenvalue weighted by Crippen LogP contribution is 2.23. The first-order chi connectivity index (χ1) is 14.4. The molecule has 2 aliphatic heterocycles. The van der Waals surface area contributed by atoms with Crippen molar-refractivity contribution in [2.75, 3.05) is 38.0 Å². The van der Waals surface area contributed by atoms with Crippen LogP contribution in [0.2, 0.25) is 0 Å². The highest BCUT2D eigenvalue weighted by Gasteiger charge is 2.32. The van der Waals surface area contributed by atoms with Gasteiger partial charge < -0.3 is 15.5 Å². The van der Waals surface area contributed by atoms with Gasteiger partial charge >= 0.3 is 0 Å². The third-order valence-corrected chi connectivity index (χ3v) is 6.39. The summed E-state index contributed by atoms with van der Waals surface area (Å²) in [5.74, 6) is -0.0241. The van der Waals surface area contributed by atoms with Gasteiger partial charge in [-0.05, 0) is 70.7 Å². The Morgan fingerprint density at radius 3 is 2.23 bits per heavy atom. The van der Waals surface area contributed by atoms with E-state index in [0.717, 1.165) is 68.7 Å². The summed E-state index contributed by atoms with van der Waals surface area (Å²) < 4.78 is 0. The molecule has 164 valence electrons. The molecule has 0 aromatic heterocycles. The van der Waals surface area contributed by atoms with Gasteiger partial charge in [0.2, 0.25) is 17.7 Å². The van der Waals surface area contributed by atoms with E-state index in [2.05, 4.69) is 15.5 Å². The summed E-state index contributed by atoms with van der Waals surface area (Å²) in [4.78, 5) is 41.5. The molecule has 2 fully saturated rings. The standard InChI is InChI=1S/C23H34N4O3/c1-16-7-6-8-17(2)21(16)25-20(28)15-24-22(29)18(3)26-13-9-19(10-14-26)23(30)27-11-4-5-12-27/h6-8,18-19H,4-5,9-15H2,1-3H3,(H,24,29)(H,25,28). The third kappa shape index (κ3) is 5.39. The maximum atomic E-state index is 12.6. The lowest BCUT2D eigenvalue weighted by molar-refractivity contribution is -0.136. The number of carbonyl (C=O) groups is 3. The maximum absolute atomic E-state index is 12.6. The smallest absolute Gasteiger partial charge is 0.243 e. The van der Waals surface area contributed by atoms with E-state index in [9.17, 15) is 14.4 Å². The lowest BCUT2D eigenvalue weighted by Crippen LogP contribution is -2.50. The fourth-order valence-electron chi connectivity index (χ4n) is 4.41. The predicted octanol–water partition coefficient (Wildman–Crippen LogP) is 2.08. The number of hydrogen-bond acceptors (Lipinski definition) is 4. The number of nitrogens with zero attached hydrogens (tertiary/aromatic N) is 2. The second-order valence-corrected chi connectivity index (χ2v) is 8.55. The molecule has 0 bridgehead atoms. The van der Waals surface area contributed by atoms with Crippen LogP contribution in [0.1, 0.15) is 43.7 Å². The normalized spacial score (nSPS) is 18.8. The zero-order chi connectivity index (χ0) is 21.7. The minimum Gasteiger partial charge on any atom is -0.346 e. The van der Waals surface area contributed by atoms with Crippen LogP contribution in [0.25, 0.3) is 0 Å². The minimum atomic E-state index is -0.319. The molecule has 2 saturated heterocycles. The Labute approximate surface area is 179 Å². The molecule has 30 heavy (non-hydrogen) atoms. The minimum absolute atomic E-state index is 0.0547. The number of benzene rings is 1. The maximum Gasteiger partial charge on any atom is 0.243 e. The molecule has 2 heterocycles. The van der Waals surface area contributed by atoms with E-state index in [4.69, 9.17) is 0 Å². The van der Waals surface area contributed by atoms with Gasteiger partial charge in [0.05, 0.1) is 12.6 Å². The Morgan fingerprint density at radius 2 is 1.63 bits per heavy atom. The second kappa shape index (κ2) is 10.1. The SMILES string of the molecule is Cc1cccc(C)c1NC(=O)CNC(=O)C(C)N1CCC(C(=O)N2CCCC2)CC1. The molecule has 2 aliphatic rings. The van der Waals surface area contributed by atoms with Crippen LogP contribution in [0.5, 0.6) is 0 Å². The van der Waals surface area contributed by atoms with Crippen LogP contribution in [0.4, 0.5) is 5.69 Å². The van der Waals surface area contributed by atoms with Crippen molar-refractivity contribution in [2.24, 2.45) is 5.92 Å². The van der Waals surface area contributed by atoms with Crippen molar-refractivity contribution in [1.29, 1.82) is 0 Å². The van der Waals surface area contributed by atoms with Gasteiger partial charge in [0.15, 0.2) is 0 Å². The molecule has 1 aromatic carbocycles. The van der Waals surface area contributed by atoms with E-state index < -0.39 is 0 Å². The Balaban J connectivity index is 1.42. The van der Waals surface area contributed by atoms with Gasteiger partial charge in [-0.3, -0.25) is 19.3 Å². The fraction of sp³-hybridized carbons (Fsp3) is 0.609. The predicted molar refractivity (Wildman–Crippen MR) is 117 cm³/mol. The summed E-state index contributed by atoms with van der Waals surface area (Å²) in [5.41, 5.74) is 2.79. The summed E-state index contributed by atoms with van der Waals surface area (Å²) in [6.45, 7) is 8.94. The van der Waals surface area contributed by atoms with Crippen LogP contribution in [0.15, 0.2) is 18.2 Å². The van der Waals surface area contributed by atoms with Crippen molar-refractivity contribution in [3.8, 4) is 0 Å². The first kappa shape index (κ1) is 22.3. The van der Waals surface area contributed by atoms with Gasteiger partial charge in [-0.15, -0.1) is 0 Å². The van der Waals surface area contributed by atoms with Gasteiger partial charge in [0, 0.05) is 24.7 Å². The highest BCUT2D eigenvalue weighted by atomic mass is 16.2. The molecule has 7 heteroatoms. The number of piperidine rings is 1. The molecule has 0 saturated carbocycles. The molecular weight excluding hydrogens is 380 g/mol. The van der Waals surface area contributed by atoms with Gasteiger partial charge in [-0.25, -0.2) is 0 Å². The highest BCUT2D eigenvalue weighted by molar-refractivity contribution is 5.96. The third-order valence-electron chi connectivity index (χ3n) is 6.39. The molecule has 0 radical (unpaired) electrons.